The van der Waals surface area contributed by atoms with E-state index < -0.39 is 0 Å². The molecule has 1 saturated carbocycles. The van der Waals surface area contributed by atoms with E-state index in [1.165, 1.54) is 11.8 Å². The Hall–Kier alpha value is -2.45. The number of thiophene rings is 1. The van der Waals surface area contributed by atoms with Crippen molar-refractivity contribution in [2.45, 2.75) is 42.6 Å². The molecule has 0 saturated heterocycles. The van der Waals surface area contributed by atoms with Gasteiger partial charge in [0.15, 0.2) is 5.16 Å². The van der Waals surface area contributed by atoms with Crippen molar-refractivity contribution >= 4 is 34.0 Å². The van der Waals surface area contributed by atoms with Crippen LogP contribution >= 0.6 is 23.1 Å². The minimum absolute atomic E-state index is 0.0458. The van der Waals surface area contributed by atoms with Crippen molar-refractivity contribution < 1.29 is 4.52 Å². The second-order valence-electron chi connectivity index (χ2n) is 6.84. The second-order valence-corrected chi connectivity index (χ2v) is 8.56. The summed E-state index contributed by atoms with van der Waals surface area (Å²) in [5.41, 5.74) is 1.73. The summed E-state index contributed by atoms with van der Waals surface area (Å²) in [5.74, 6) is 1.61. The number of benzene rings is 1. The van der Waals surface area contributed by atoms with Crippen molar-refractivity contribution in [3.63, 3.8) is 0 Å². The number of rotatable bonds is 5. The van der Waals surface area contributed by atoms with Crippen LogP contribution in [-0.4, -0.2) is 19.7 Å². The minimum atomic E-state index is 0.0458. The van der Waals surface area contributed by atoms with E-state index in [1.54, 1.807) is 11.3 Å². The Morgan fingerprint density at radius 1 is 1.18 bits per heavy atom. The van der Waals surface area contributed by atoms with Gasteiger partial charge in [0.05, 0.1) is 16.7 Å². The molecule has 0 bridgehead atoms. The first kappa shape index (κ1) is 17.6. The number of hydrogen-bond acceptors (Lipinski definition) is 7. The molecule has 0 unspecified atom stereocenters. The third kappa shape index (κ3) is 3.27. The molecule has 5 rings (SSSR count). The van der Waals surface area contributed by atoms with Crippen LogP contribution in [0.15, 0.2) is 55.6 Å². The van der Waals surface area contributed by atoms with Crippen LogP contribution in [0.2, 0.25) is 0 Å². The molecule has 1 aliphatic carbocycles. The van der Waals surface area contributed by atoms with Crippen LogP contribution < -0.4 is 5.56 Å². The molecule has 8 heteroatoms. The van der Waals surface area contributed by atoms with Crippen LogP contribution in [0.25, 0.3) is 22.3 Å². The maximum Gasteiger partial charge on any atom is 0.262 e. The lowest BCUT2D eigenvalue weighted by Crippen LogP contribution is -2.26. The van der Waals surface area contributed by atoms with Crippen molar-refractivity contribution in [3.8, 4) is 11.4 Å². The van der Waals surface area contributed by atoms with Gasteiger partial charge in [-0.1, -0.05) is 41.9 Å². The molecule has 3 heterocycles. The summed E-state index contributed by atoms with van der Waals surface area (Å²) >= 11 is 3.08. The smallest absolute Gasteiger partial charge is 0.262 e. The Morgan fingerprint density at radius 2 is 2.04 bits per heavy atom. The van der Waals surface area contributed by atoms with Gasteiger partial charge in [-0.3, -0.25) is 9.36 Å². The van der Waals surface area contributed by atoms with Gasteiger partial charge in [-0.25, -0.2) is 4.98 Å². The highest BCUT2D eigenvalue weighted by Crippen LogP contribution is 2.33. The lowest BCUT2D eigenvalue weighted by molar-refractivity contribution is 0.391. The van der Waals surface area contributed by atoms with E-state index in [1.807, 2.05) is 45.7 Å². The van der Waals surface area contributed by atoms with Crippen LogP contribution in [0, 0.1) is 0 Å². The summed E-state index contributed by atoms with van der Waals surface area (Å²) < 4.78 is 7.29. The van der Waals surface area contributed by atoms with E-state index in [9.17, 15) is 4.79 Å². The summed E-state index contributed by atoms with van der Waals surface area (Å²) in [6, 6.07) is 9.73. The fourth-order valence-corrected chi connectivity index (χ4v) is 5.20. The molecule has 1 aromatic carbocycles. The zero-order chi connectivity index (χ0) is 18.9. The Labute approximate surface area is 169 Å². The average molecular weight is 411 g/mol. The predicted molar refractivity (Wildman–Crippen MR) is 111 cm³/mol. The molecule has 0 atom stereocenters. The quantitative estimate of drug-likeness (QED) is 0.344. The fourth-order valence-electron chi connectivity index (χ4n) is 3.66. The molecular weight excluding hydrogens is 392 g/mol. The Bertz CT molecular complexity index is 1160. The molecule has 0 amide bonds. The van der Waals surface area contributed by atoms with Gasteiger partial charge in [-0.2, -0.15) is 16.3 Å². The SMILES string of the molecule is O=c1c2ccccc2nc(SCc2nc(-c3ccsc3)no2)n1C1CCCC1. The van der Waals surface area contributed by atoms with Crippen molar-refractivity contribution in [2.75, 3.05) is 0 Å². The highest BCUT2D eigenvalue weighted by atomic mass is 32.2. The summed E-state index contributed by atoms with van der Waals surface area (Å²) in [7, 11) is 0. The molecule has 1 fully saturated rings. The highest BCUT2D eigenvalue weighted by molar-refractivity contribution is 7.98. The molecule has 28 heavy (non-hydrogen) atoms. The second kappa shape index (κ2) is 7.52. The Kier molecular flexibility index (Phi) is 4.74. The first-order valence-electron chi connectivity index (χ1n) is 9.29. The van der Waals surface area contributed by atoms with Gasteiger partial charge in [-0.05, 0) is 36.4 Å². The Morgan fingerprint density at radius 3 is 2.86 bits per heavy atom. The molecule has 4 aromatic rings. The molecule has 142 valence electrons. The Balaban J connectivity index is 1.48. The van der Waals surface area contributed by atoms with E-state index in [-0.39, 0.29) is 11.6 Å². The average Bonchev–Trinajstić information content (AvgIpc) is 3.48. The third-order valence-electron chi connectivity index (χ3n) is 5.04. The van der Waals surface area contributed by atoms with Gasteiger partial charge in [0.25, 0.3) is 5.56 Å². The van der Waals surface area contributed by atoms with Crippen molar-refractivity contribution in [1.29, 1.82) is 0 Å². The fraction of sp³-hybridized carbons (Fsp3) is 0.300. The number of para-hydroxylation sites is 1. The van der Waals surface area contributed by atoms with Crippen molar-refractivity contribution in [1.82, 2.24) is 19.7 Å². The highest BCUT2D eigenvalue weighted by Gasteiger charge is 2.23. The summed E-state index contributed by atoms with van der Waals surface area (Å²) in [5, 5.41) is 9.44. The summed E-state index contributed by atoms with van der Waals surface area (Å²) in [6.45, 7) is 0. The lowest BCUT2D eigenvalue weighted by Gasteiger charge is -2.18. The predicted octanol–water partition coefficient (Wildman–Crippen LogP) is 4.92. The van der Waals surface area contributed by atoms with Crippen LogP contribution in [0.1, 0.15) is 37.6 Å². The van der Waals surface area contributed by atoms with Gasteiger partial charge in [0.1, 0.15) is 0 Å². The maximum atomic E-state index is 13.2. The molecule has 0 spiro atoms. The van der Waals surface area contributed by atoms with E-state index in [0.29, 0.717) is 22.9 Å². The number of fused-ring (bicyclic) bond motifs is 1. The lowest BCUT2D eigenvalue weighted by atomic mass is 10.2. The van der Waals surface area contributed by atoms with Crippen LogP contribution in [0.5, 0.6) is 0 Å². The maximum absolute atomic E-state index is 13.2. The van der Waals surface area contributed by atoms with E-state index in [0.717, 1.165) is 41.9 Å². The third-order valence-corrected chi connectivity index (χ3v) is 6.66. The van der Waals surface area contributed by atoms with Crippen molar-refractivity contribution in [3.05, 3.63) is 57.3 Å². The van der Waals surface area contributed by atoms with Crippen LogP contribution in [0.4, 0.5) is 0 Å². The molecule has 6 nitrogen and oxygen atoms in total. The number of aromatic nitrogens is 4. The molecule has 0 radical (unpaired) electrons. The molecule has 1 aliphatic rings. The van der Waals surface area contributed by atoms with E-state index >= 15 is 0 Å². The normalized spacial score (nSPS) is 14.9. The summed E-state index contributed by atoms with van der Waals surface area (Å²) in [6.07, 6.45) is 4.36. The minimum Gasteiger partial charge on any atom is -0.338 e. The van der Waals surface area contributed by atoms with Crippen molar-refractivity contribution in [2.24, 2.45) is 0 Å². The largest absolute Gasteiger partial charge is 0.338 e. The molecule has 0 aliphatic heterocycles. The van der Waals surface area contributed by atoms with E-state index in [2.05, 4.69) is 10.1 Å². The van der Waals surface area contributed by atoms with Gasteiger partial charge in [-0.15, -0.1) is 0 Å². The van der Waals surface area contributed by atoms with Gasteiger partial charge < -0.3 is 4.52 Å². The number of hydrogen-bond donors (Lipinski definition) is 0. The van der Waals surface area contributed by atoms with Crippen LogP contribution in [0.3, 0.4) is 0 Å². The zero-order valence-electron chi connectivity index (χ0n) is 15.1. The molecule has 0 N–H and O–H groups in total. The van der Waals surface area contributed by atoms with Gasteiger partial charge in [0.2, 0.25) is 11.7 Å². The topological polar surface area (TPSA) is 73.8 Å². The monoisotopic (exact) mass is 410 g/mol. The standard InChI is InChI=1S/C20H18N4O2S2/c25-19-15-7-3-4-8-16(15)21-20(24(19)14-5-1-2-6-14)28-12-17-22-18(23-26-17)13-9-10-27-11-13/h3-4,7-11,14H,1-2,5-6,12H2. The van der Waals surface area contributed by atoms with E-state index in [4.69, 9.17) is 9.51 Å². The number of nitrogens with zero attached hydrogens (tertiary/aromatic N) is 4. The number of thioether (sulfide) groups is 1. The first-order chi connectivity index (χ1) is 13.8. The zero-order valence-corrected chi connectivity index (χ0v) is 16.7. The van der Waals surface area contributed by atoms with Gasteiger partial charge in [0, 0.05) is 17.0 Å². The first-order valence-corrected chi connectivity index (χ1v) is 11.2. The van der Waals surface area contributed by atoms with Crippen LogP contribution in [-0.2, 0) is 5.75 Å². The molecular formula is C20H18N4O2S2. The van der Waals surface area contributed by atoms with Gasteiger partial charge >= 0.3 is 0 Å². The molecule has 3 aromatic heterocycles. The summed E-state index contributed by atoms with van der Waals surface area (Å²) in [4.78, 5) is 22.4.